The summed E-state index contributed by atoms with van der Waals surface area (Å²) >= 11 is 0. The van der Waals surface area contributed by atoms with Crippen LogP contribution in [0.25, 0.3) is 55.3 Å². The average Bonchev–Trinajstić information content (AvgIpc) is 3.91. The summed E-state index contributed by atoms with van der Waals surface area (Å²) < 4.78 is 0. The second-order valence-corrected chi connectivity index (χ2v) is 19.5. The van der Waals surface area contributed by atoms with Crippen molar-refractivity contribution in [3.05, 3.63) is 269 Å². The quantitative estimate of drug-likeness (QED) is 0.161. The third kappa shape index (κ3) is 5.17. The van der Waals surface area contributed by atoms with Gasteiger partial charge in [0.1, 0.15) is 0 Å². The Morgan fingerprint density at radius 1 is 0.333 bits per heavy atom. The summed E-state index contributed by atoms with van der Waals surface area (Å²) in [4.78, 5) is 2.59. The number of benzene rings is 10. The Morgan fingerprint density at radius 2 is 0.833 bits per heavy atom. The normalized spacial score (nSPS) is 15.0. The van der Waals surface area contributed by atoms with Crippen molar-refractivity contribution in [1.82, 2.24) is 0 Å². The molecule has 3 aliphatic rings. The number of fused-ring (bicyclic) bond motifs is 11. The molecule has 0 amide bonds. The minimum Gasteiger partial charge on any atom is -0.309 e. The van der Waals surface area contributed by atoms with Crippen molar-refractivity contribution in [1.29, 1.82) is 0 Å². The van der Waals surface area contributed by atoms with Crippen molar-refractivity contribution in [2.75, 3.05) is 4.90 Å². The number of hydrogen-bond acceptors (Lipinski definition) is 1. The molecule has 0 saturated heterocycles. The summed E-state index contributed by atoms with van der Waals surface area (Å²) in [5, 5.41) is 2.57. The molecule has 314 valence electrons. The maximum atomic E-state index is 2.59. The fraction of sp³-hybridized carbons (Fsp3) is 0.108. The van der Waals surface area contributed by atoms with Gasteiger partial charge < -0.3 is 4.90 Å². The van der Waals surface area contributed by atoms with Gasteiger partial charge in [-0.25, -0.2) is 0 Å². The van der Waals surface area contributed by atoms with Crippen molar-refractivity contribution in [3.63, 3.8) is 0 Å². The molecule has 0 bridgehead atoms. The summed E-state index contributed by atoms with van der Waals surface area (Å²) in [6, 6.07) is 84.3. The van der Waals surface area contributed by atoms with Crippen LogP contribution in [0.5, 0.6) is 0 Å². The number of anilines is 3. The maximum Gasteiger partial charge on any atom is 0.0713 e. The molecule has 0 heterocycles. The SMILES string of the molecule is CC1(C)c2ccccc2-c2c(N(c3ccc(-c4cccc5c4-c4ccccc4C5(c4ccccc4)c4ccccc4)cc3)c3cc4ccccc4c4c3-c3ccccc3C4(C)C)cccc21. The Labute approximate surface area is 388 Å². The van der Waals surface area contributed by atoms with Gasteiger partial charge >= 0.3 is 0 Å². The minimum absolute atomic E-state index is 0.143. The van der Waals surface area contributed by atoms with Crippen molar-refractivity contribution in [2.45, 2.75) is 43.9 Å². The van der Waals surface area contributed by atoms with Crippen LogP contribution in [0, 0.1) is 0 Å². The molecular formula is C65H49N. The van der Waals surface area contributed by atoms with Crippen LogP contribution in [0.2, 0.25) is 0 Å². The summed E-state index contributed by atoms with van der Waals surface area (Å²) in [6.07, 6.45) is 0. The standard InChI is InChI=1S/C65H49N/c1-63(2)52-31-16-13-27-49(52)60-55(63)34-20-36-57(60)66(58-41-43-21-11-12-26-48(43)62-61(58)50-28-14-17-32-53(50)64(62,3)4)46-39-37-42(38-40-46)47-30-19-35-56-59(47)51-29-15-18-33-54(51)65(56,44-22-7-5-8-23-44)45-24-9-6-10-25-45/h5-41H,1-4H3. The first-order valence-electron chi connectivity index (χ1n) is 23.4. The van der Waals surface area contributed by atoms with E-state index in [2.05, 4.69) is 257 Å². The van der Waals surface area contributed by atoms with Crippen LogP contribution in [-0.4, -0.2) is 0 Å². The van der Waals surface area contributed by atoms with E-state index in [0.717, 1.165) is 5.69 Å². The van der Waals surface area contributed by atoms with E-state index in [1.165, 1.54) is 111 Å². The molecule has 0 saturated carbocycles. The molecule has 0 aromatic heterocycles. The monoisotopic (exact) mass is 843 g/mol. The summed E-state index contributed by atoms with van der Waals surface area (Å²) in [7, 11) is 0. The first kappa shape index (κ1) is 38.7. The predicted molar refractivity (Wildman–Crippen MR) is 276 cm³/mol. The molecule has 10 aromatic carbocycles. The lowest BCUT2D eigenvalue weighted by atomic mass is 9.67. The Morgan fingerprint density at radius 3 is 1.52 bits per heavy atom. The van der Waals surface area contributed by atoms with Crippen LogP contribution in [0.15, 0.2) is 224 Å². The topological polar surface area (TPSA) is 3.24 Å². The van der Waals surface area contributed by atoms with Crippen LogP contribution in [0.1, 0.15) is 72.2 Å². The smallest absolute Gasteiger partial charge is 0.0713 e. The van der Waals surface area contributed by atoms with Crippen LogP contribution >= 0.6 is 0 Å². The molecule has 0 radical (unpaired) electrons. The van der Waals surface area contributed by atoms with Gasteiger partial charge in [-0.1, -0.05) is 228 Å². The molecule has 1 nitrogen and oxygen atoms in total. The first-order valence-corrected chi connectivity index (χ1v) is 23.4. The van der Waals surface area contributed by atoms with Gasteiger partial charge in [-0.2, -0.15) is 0 Å². The van der Waals surface area contributed by atoms with E-state index in [0.29, 0.717) is 0 Å². The molecular weight excluding hydrogens is 795 g/mol. The number of hydrogen-bond donors (Lipinski definition) is 0. The highest BCUT2D eigenvalue weighted by molar-refractivity contribution is 6.08. The molecule has 0 fully saturated rings. The zero-order valence-electron chi connectivity index (χ0n) is 37.8. The van der Waals surface area contributed by atoms with Crippen LogP contribution in [-0.2, 0) is 16.2 Å². The van der Waals surface area contributed by atoms with E-state index in [1.54, 1.807) is 0 Å². The molecule has 0 N–H and O–H groups in total. The average molecular weight is 844 g/mol. The molecule has 0 spiro atoms. The maximum absolute atomic E-state index is 2.59. The molecule has 1 heteroatoms. The Bertz CT molecular complexity index is 3540. The largest absolute Gasteiger partial charge is 0.309 e. The van der Waals surface area contributed by atoms with Gasteiger partial charge in [-0.15, -0.1) is 0 Å². The van der Waals surface area contributed by atoms with Gasteiger partial charge in [0.25, 0.3) is 0 Å². The van der Waals surface area contributed by atoms with Crippen molar-refractivity contribution in [3.8, 4) is 44.5 Å². The summed E-state index contributed by atoms with van der Waals surface area (Å²) in [5.41, 5.74) is 23.7. The first-order chi connectivity index (χ1) is 32.3. The van der Waals surface area contributed by atoms with Gasteiger partial charge in [0.15, 0.2) is 0 Å². The fourth-order valence-electron chi connectivity index (χ4n) is 12.7. The van der Waals surface area contributed by atoms with E-state index in [1.807, 2.05) is 0 Å². The van der Waals surface area contributed by atoms with E-state index < -0.39 is 5.41 Å². The lowest BCUT2D eigenvalue weighted by Gasteiger charge is -2.34. The van der Waals surface area contributed by atoms with E-state index in [-0.39, 0.29) is 10.8 Å². The third-order valence-corrected chi connectivity index (χ3v) is 15.5. The van der Waals surface area contributed by atoms with Crippen LogP contribution in [0.3, 0.4) is 0 Å². The van der Waals surface area contributed by atoms with E-state index in [9.17, 15) is 0 Å². The highest BCUT2D eigenvalue weighted by Gasteiger charge is 2.47. The highest BCUT2D eigenvalue weighted by atomic mass is 15.1. The second kappa shape index (κ2) is 14.1. The molecule has 0 aliphatic heterocycles. The minimum atomic E-state index is -0.459. The molecule has 3 aliphatic carbocycles. The lowest BCUT2D eigenvalue weighted by Crippen LogP contribution is -2.28. The van der Waals surface area contributed by atoms with Crippen molar-refractivity contribution < 1.29 is 0 Å². The van der Waals surface area contributed by atoms with Gasteiger partial charge in [0, 0.05) is 27.6 Å². The Kier molecular flexibility index (Phi) is 8.28. The molecule has 0 atom stereocenters. The van der Waals surface area contributed by atoms with Crippen LogP contribution < -0.4 is 4.90 Å². The van der Waals surface area contributed by atoms with E-state index >= 15 is 0 Å². The summed E-state index contributed by atoms with van der Waals surface area (Å²) in [6.45, 7) is 9.58. The number of nitrogens with zero attached hydrogens (tertiary/aromatic N) is 1. The lowest BCUT2D eigenvalue weighted by molar-refractivity contribution is 0.660. The predicted octanol–water partition coefficient (Wildman–Crippen LogP) is 17.0. The van der Waals surface area contributed by atoms with Gasteiger partial charge in [0.05, 0.1) is 16.8 Å². The summed E-state index contributed by atoms with van der Waals surface area (Å²) in [5.74, 6) is 0. The highest BCUT2D eigenvalue weighted by Crippen LogP contribution is 2.61. The zero-order chi connectivity index (χ0) is 44.4. The molecule has 13 rings (SSSR count). The van der Waals surface area contributed by atoms with Crippen molar-refractivity contribution >= 4 is 27.8 Å². The van der Waals surface area contributed by atoms with Gasteiger partial charge in [-0.05, 0) is 113 Å². The van der Waals surface area contributed by atoms with Crippen molar-refractivity contribution in [2.24, 2.45) is 0 Å². The molecule has 0 unspecified atom stereocenters. The second-order valence-electron chi connectivity index (χ2n) is 19.5. The number of rotatable bonds is 6. The molecule has 10 aromatic rings. The van der Waals surface area contributed by atoms with Crippen LogP contribution in [0.4, 0.5) is 17.1 Å². The Balaban J connectivity index is 1.06. The van der Waals surface area contributed by atoms with E-state index in [4.69, 9.17) is 0 Å². The van der Waals surface area contributed by atoms with Gasteiger partial charge in [0.2, 0.25) is 0 Å². The zero-order valence-corrected chi connectivity index (χ0v) is 37.8. The molecule has 66 heavy (non-hydrogen) atoms. The van der Waals surface area contributed by atoms with Gasteiger partial charge in [-0.3, -0.25) is 0 Å². The third-order valence-electron chi connectivity index (χ3n) is 15.5. The Hall–Kier alpha value is -7.74. The fourth-order valence-corrected chi connectivity index (χ4v) is 12.7.